The Labute approximate surface area is 84.3 Å². The molecule has 0 bridgehead atoms. The molecule has 1 heterocycles. The molecule has 0 spiro atoms. The SMILES string of the molecule is CC(C)[C@@H]1CC(=O)C[C@H]1c1ccco1. The van der Waals surface area contributed by atoms with Crippen molar-refractivity contribution in [2.75, 3.05) is 0 Å². The summed E-state index contributed by atoms with van der Waals surface area (Å²) in [5.41, 5.74) is 0. The summed E-state index contributed by atoms with van der Waals surface area (Å²) >= 11 is 0. The zero-order chi connectivity index (χ0) is 10.1. The Morgan fingerprint density at radius 1 is 1.43 bits per heavy atom. The molecule has 2 heteroatoms. The summed E-state index contributed by atoms with van der Waals surface area (Å²) in [7, 11) is 0. The molecule has 2 rings (SSSR count). The van der Waals surface area contributed by atoms with Gasteiger partial charge in [0.25, 0.3) is 0 Å². The lowest BCUT2D eigenvalue weighted by molar-refractivity contribution is -0.117. The Bertz CT molecular complexity index is 311. The largest absolute Gasteiger partial charge is 0.469 e. The van der Waals surface area contributed by atoms with Crippen LogP contribution in [0.2, 0.25) is 0 Å². The molecule has 76 valence electrons. The van der Waals surface area contributed by atoms with Crippen molar-refractivity contribution < 1.29 is 9.21 Å². The van der Waals surface area contributed by atoms with Crippen molar-refractivity contribution in [3.63, 3.8) is 0 Å². The van der Waals surface area contributed by atoms with Crippen LogP contribution in [0.4, 0.5) is 0 Å². The Balaban J connectivity index is 2.21. The van der Waals surface area contributed by atoms with Gasteiger partial charge in [-0.15, -0.1) is 0 Å². The minimum Gasteiger partial charge on any atom is -0.469 e. The van der Waals surface area contributed by atoms with E-state index in [1.165, 1.54) is 0 Å². The molecule has 14 heavy (non-hydrogen) atoms. The molecule has 1 aliphatic carbocycles. The molecular formula is C12H16O2. The summed E-state index contributed by atoms with van der Waals surface area (Å²) in [6.45, 7) is 4.36. The molecule has 0 N–H and O–H groups in total. The van der Waals surface area contributed by atoms with E-state index in [0.29, 0.717) is 30.0 Å². The van der Waals surface area contributed by atoms with Crippen LogP contribution in [0, 0.1) is 11.8 Å². The van der Waals surface area contributed by atoms with E-state index in [4.69, 9.17) is 4.42 Å². The second-order valence-corrected chi connectivity index (χ2v) is 4.48. The highest BCUT2D eigenvalue weighted by atomic mass is 16.3. The molecule has 1 aliphatic rings. The molecule has 2 atom stereocenters. The van der Waals surface area contributed by atoms with Gasteiger partial charge in [0.1, 0.15) is 11.5 Å². The minimum atomic E-state index is 0.317. The number of hydrogen-bond donors (Lipinski definition) is 0. The molecule has 1 saturated carbocycles. The molecule has 0 aromatic carbocycles. The highest BCUT2D eigenvalue weighted by Gasteiger charge is 2.37. The molecule has 0 radical (unpaired) electrons. The number of carbonyl (C=O) groups is 1. The molecule has 0 saturated heterocycles. The van der Waals surface area contributed by atoms with E-state index in [1.807, 2.05) is 12.1 Å². The van der Waals surface area contributed by atoms with E-state index >= 15 is 0 Å². The van der Waals surface area contributed by atoms with Crippen LogP contribution in [0.15, 0.2) is 22.8 Å². The topological polar surface area (TPSA) is 30.2 Å². The molecule has 0 unspecified atom stereocenters. The lowest BCUT2D eigenvalue weighted by atomic mass is 9.85. The summed E-state index contributed by atoms with van der Waals surface area (Å²) in [5, 5.41) is 0. The van der Waals surface area contributed by atoms with E-state index in [9.17, 15) is 4.79 Å². The van der Waals surface area contributed by atoms with Crippen LogP contribution in [0.25, 0.3) is 0 Å². The predicted octanol–water partition coefficient (Wildman–Crippen LogP) is 3.00. The van der Waals surface area contributed by atoms with Crippen molar-refractivity contribution in [3.8, 4) is 0 Å². The van der Waals surface area contributed by atoms with Crippen molar-refractivity contribution in [1.29, 1.82) is 0 Å². The van der Waals surface area contributed by atoms with Gasteiger partial charge in [-0.3, -0.25) is 4.79 Å². The molecule has 1 fully saturated rings. The van der Waals surface area contributed by atoms with E-state index in [0.717, 1.165) is 12.2 Å². The van der Waals surface area contributed by atoms with Crippen molar-refractivity contribution >= 4 is 5.78 Å². The van der Waals surface area contributed by atoms with Crippen LogP contribution in [0.5, 0.6) is 0 Å². The van der Waals surface area contributed by atoms with Gasteiger partial charge in [-0.05, 0) is 24.0 Å². The maximum atomic E-state index is 11.4. The molecule has 0 amide bonds. The van der Waals surface area contributed by atoms with E-state index in [-0.39, 0.29) is 0 Å². The first-order valence-electron chi connectivity index (χ1n) is 5.23. The number of Topliss-reactive ketones (excluding diaryl/α,β-unsaturated/α-hetero) is 1. The van der Waals surface area contributed by atoms with Crippen LogP contribution < -0.4 is 0 Å². The molecule has 1 aromatic heterocycles. The minimum absolute atomic E-state index is 0.317. The third-order valence-corrected chi connectivity index (χ3v) is 3.19. The normalized spacial score (nSPS) is 27.5. The monoisotopic (exact) mass is 192 g/mol. The van der Waals surface area contributed by atoms with Crippen molar-refractivity contribution in [2.24, 2.45) is 11.8 Å². The van der Waals surface area contributed by atoms with Gasteiger partial charge in [-0.1, -0.05) is 13.8 Å². The Kier molecular flexibility index (Phi) is 2.44. The summed E-state index contributed by atoms with van der Waals surface area (Å²) in [6.07, 6.45) is 3.08. The molecular weight excluding hydrogens is 176 g/mol. The zero-order valence-electron chi connectivity index (χ0n) is 8.69. The van der Waals surface area contributed by atoms with Gasteiger partial charge in [-0.25, -0.2) is 0 Å². The average Bonchev–Trinajstić information content (AvgIpc) is 2.70. The summed E-state index contributed by atoms with van der Waals surface area (Å²) < 4.78 is 5.39. The van der Waals surface area contributed by atoms with Gasteiger partial charge in [0.05, 0.1) is 6.26 Å². The first-order valence-corrected chi connectivity index (χ1v) is 5.23. The van der Waals surface area contributed by atoms with Crippen molar-refractivity contribution in [2.45, 2.75) is 32.6 Å². The van der Waals surface area contributed by atoms with Crippen LogP contribution in [0.3, 0.4) is 0 Å². The first kappa shape index (κ1) is 9.50. The van der Waals surface area contributed by atoms with Gasteiger partial charge in [0.2, 0.25) is 0 Å². The fourth-order valence-corrected chi connectivity index (χ4v) is 2.40. The fraction of sp³-hybridized carbons (Fsp3) is 0.583. The number of rotatable bonds is 2. The van der Waals surface area contributed by atoms with E-state index < -0.39 is 0 Å². The second kappa shape index (κ2) is 3.60. The molecule has 1 aromatic rings. The zero-order valence-corrected chi connectivity index (χ0v) is 8.69. The van der Waals surface area contributed by atoms with Gasteiger partial charge in [-0.2, -0.15) is 0 Å². The fourth-order valence-electron chi connectivity index (χ4n) is 2.40. The standard InChI is InChI=1S/C12H16O2/c1-8(2)10-6-9(13)7-11(10)12-4-3-5-14-12/h3-5,8,10-11H,6-7H2,1-2H3/t10-,11+/m0/s1. The lowest BCUT2D eigenvalue weighted by Crippen LogP contribution is -2.12. The van der Waals surface area contributed by atoms with Crippen LogP contribution in [-0.4, -0.2) is 5.78 Å². The summed E-state index contributed by atoms with van der Waals surface area (Å²) in [6, 6.07) is 3.88. The van der Waals surface area contributed by atoms with Crippen molar-refractivity contribution in [3.05, 3.63) is 24.2 Å². The summed E-state index contributed by atoms with van der Waals surface area (Å²) in [4.78, 5) is 11.4. The maximum Gasteiger partial charge on any atom is 0.133 e. The lowest BCUT2D eigenvalue weighted by Gasteiger charge is -2.20. The van der Waals surface area contributed by atoms with Gasteiger partial charge >= 0.3 is 0 Å². The van der Waals surface area contributed by atoms with Gasteiger partial charge < -0.3 is 4.42 Å². The van der Waals surface area contributed by atoms with Gasteiger partial charge in [0, 0.05) is 18.8 Å². The van der Waals surface area contributed by atoms with E-state index in [1.54, 1.807) is 6.26 Å². The quantitative estimate of drug-likeness (QED) is 0.721. The number of ketones is 1. The highest BCUT2D eigenvalue weighted by molar-refractivity contribution is 5.82. The summed E-state index contributed by atoms with van der Waals surface area (Å²) in [5.74, 6) is 2.70. The van der Waals surface area contributed by atoms with Crippen molar-refractivity contribution in [1.82, 2.24) is 0 Å². The van der Waals surface area contributed by atoms with Crippen LogP contribution in [-0.2, 0) is 4.79 Å². The number of carbonyl (C=O) groups excluding carboxylic acids is 1. The van der Waals surface area contributed by atoms with Crippen LogP contribution >= 0.6 is 0 Å². The van der Waals surface area contributed by atoms with Gasteiger partial charge in [0.15, 0.2) is 0 Å². The van der Waals surface area contributed by atoms with E-state index in [2.05, 4.69) is 13.8 Å². The Morgan fingerprint density at radius 3 is 2.79 bits per heavy atom. The number of furan rings is 1. The third kappa shape index (κ3) is 1.61. The highest BCUT2D eigenvalue weighted by Crippen LogP contribution is 2.41. The third-order valence-electron chi connectivity index (χ3n) is 3.19. The van der Waals surface area contributed by atoms with Crippen LogP contribution in [0.1, 0.15) is 38.4 Å². The Hall–Kier alpha value is -1.05. The molecule has 2 nitrogen and oxygen atoms in total. The second-order valence-electron chi connectivity index (χ2n) is 4.48. The first-order chi connectivity index (χ1) is 6.68. The smallest absolute Gasteiger partial charge is 0.133 e. The Morgan fingerprint density at radius 2 is 2.21 bits per heavy atom. The molecule has 0 aliphatic heterocycles. The average molecular weight is 192 g/mol. The number of hydrogen-bond acceptors (Lipinski definition) is 2. The predicted molar refractivity (Wildman–Crippen MR) is 54.0 cm³/mol. The maximum absolute atomic E-state index is 11.4.